The molecule has 1 aliphatic rings. The van der Waals surface area contributed by atoms with Gasteiger partial charge in [0.1, 0.15) is 0 Å². The van der Waals surface area contributed by atoms with Crippen LogP contribution >= 0.6 is 0 Å². The van der Waals surface area contributed by atoms with Crippen LogP contribution in [-0.2, 0) is 12.8 Å². The first-order chi connectivity index (χ1) is 13.0. The summed E-state index contributed by atoms with van der Waals surface area (Å²) in [5, 5.41) is 10.2. The topological polar surface area (TPSA) is 36.1 Å². The molecule has 1 atom stereocenters. The number of benzene rings is 2. The number of fused-ring (bicyclic) bond motifs is 1. The summed E-state index contributed by atoms with van der Waals surface area (Å²) in [6.45, 7) is 12.9. The van der Waals surface area contributed by atoms with Crippen molar-refractivity contribution in [3.8, 4) is 0 Å². The summed E-state index contributed by atoms with van der Waals surface area (Å²) in [4.78, 5) is 0. The molecular formula is C24H29N3. The van der Waals surface area contributed by atoms with E-state index in [0.29, 0.717) is 0 Å². The van der Waals surface area contributed by atoms with Crippen LogP contribution in [0.2, 0.25) is 0 Å². The van der Waals surface area contributed by atoms with Gasteiger partial charge < -0.3 is 16.0 Å². The summed E-state index contributed by atoms with van der Waals surface area (Å²) in [6.07, 6.45) is 3.91. The lowest BCUT2D eigenvalue weighted by Gasteiger charge is -2.21. The molecule has 0 saturated carbocycles. The lowest BCUT2D eigenvalue weighted by Crippen LogP contribution is -2.26. The minimum Gasteiger partial charge on any atom is -0.392 e. The normalized spacial score (nSPS) is 15.7. The Morgan fingerprint density at radius 1 is 1.22 bits per heavy atom. The largest absolute Gasteiger partial charge is 0.392 e. The summed E-state index contributed by atoms with van der Waals surface area (Å²) >= 11 is 0. The number of rotatable bonds is 7. The number of hydrogen-bond acceptors (Lipinski definition) is 3. The smallest absolute Gasteiger partial charge is 0.0591 e. The Morgan fingerprint density at radius 2 is 2.00 bits per heavy atom. The van der Waals surface area contributed by atoms with E-state index in [2.05, 4.69) is 85.4 Å². The molecule has 1 heterocycles. The van der Waals surface area contributed by atoms with Crippen LogP contribution in [0.15, 0.2) is 73.1 Å². The molecule has 2 aromatic carbocycles. The number of para-hydroxylation sites is 1. The fourth-order valence-electron chi connectivity index (χ4n) is 3.49. The molecule has 0 aliphatic carbocycles. The first-order valence-corrected chi connectivity index (χ1v) is 9.50. The van der Waals surface area contributed by atoms with Gasteiger partial charge in [-0.3, -0.25) is 0 Å². The van der Waals surface area contributed by atoms with Crippen LogP contribution < -0.4 is 16.0 Å². The third-order valence-electron chi connectivity index (χ3n) is 5.15. The second-order valence-electron chi connectivity index (χ2n) is 7.04. The Balaban J connectivity index is 1.78. The Morgan fingerprint density at radius 3 is 2.70 bits per heavy atom. The molecule has 0 aromatic heterocycles. The zero-order chi connectivity index (χ0) is 19.4. The average molecular weight is 360 g/mol. The standard InChI is InChI=1S/C24H29N3/c1-6-19-12-11-16(2)21(13-19)18(4)26-24(15-25-5)17(3)23-14-20-9-7-8-10-22(20)27-23/h7-13,15,23,25-27H,3-4,6,14H2,1-2,5H3/b24-15+. The van der Waals surface area contributed by atoms with Gasteiger partial charge in [0.25, 0.3) is 0 Å². The number of anilines is 1. The van der Waals surface area contributed by atoms with E-state index in [1.807, 2.05) is 13.2 Å². The molecule has 0 radical (unpaired) electrons. The molecule has 140 valence electrons. The lowest BCUT2D eigenvalue weighted by molar-refractivity contribution is 0.846. The number of aryl methyl sites for hydroxylation is 2. The van der Waals surface area contributed by atoms with E-state index in [9.17, 15) is 0 Å². The van der Waals surface area contributed by atoms with Gasteiger partial charge in [-0.1, -0.05) is 50.4 Å². The van der Waals surface area contributed by atoms with Gasteiger partial charge in [-0.05, 0) is 54.2 Å². The van der Waals surface area contributed by atoms with E-state index >= 15 is 0 Å². The highest BCUT2D eigenvalue weighted by Gasteiger charge is 2.24. The van der Waals surface area contributed by atoms with Crippen molar-refractivity contribution in [3.63, 3.8) is 0 Å². The van der Waals surface area contributed by atoms with Crippen LogP contribution in [0.1, 0.15) is 29.2 Å². The van der Waals surface area contributed by atoms with Crippen molar-refractivity contribution in [2.24, 2.45) is 0 Å². The summed E-state index contributed by atoms with van der Waals surface area (Å²) < 4.78 is 0. The van der Waals surface area contributed by atoms with E-state index in [1.54, 1.807) is 0 Å². The number of nitrogens with one attached hydrogen (secondary N) is 3. The first-order valence-electron chi connectivity index (χ1n) is 9.50. The number of hydrogen-bond donors (Lipinski definition) is 3. The van der Waals surface area contributed by atoms with Gasteiger partial charge in [0.05, 0.1) is 11.7 Å². The van der Waals surface area contributed by atoms with E-state index in [0.717, 1.165) is 35.4 Å². The van der Waals surface area contributed by atoms with Crippen LogP contribution in [-0.4, -0.2) is 13.1 Å². The fourth-order valence-corrected chi connectivity index (χ4v) is 3.49. The Bertz CT molecular complexity index is 867. The first kappa shape index (κ1) is 18.8. The van der Waals surface area contributed by atoms with Crippen LogP contribution in [0.25, 0.3) is 5.70 Å². The Hall–Kier alpha value is -2.94. The highest BCUT2D eigenvalue weighted by Crippen LogP contribution is 2.30. The van der Waals surface area contributed by atoms with Crippen molar-refractivity contribution < 1.29 is 0 Å². The van der Waals surface area contributed by atoms with Gasteiger partial charge in [-0.2, -0.15) is 0 Å². The molecule has 3 rings (SSSR count). The predicted molar refractivity (Wildman–Crippen MR) is 117 cm³/mol. The molecule has 3 heteroatoms. The zero-order valence-electron chi connectivity index (χ0n) is 16.5. The minimum absolute atomic E-state index is 0.172. The average Bonchev–Trinajstić information content (AvgIpc) is 3.11. The maximum absolute atomic E-state index is 4.37. The predicted octanol–water partition coefficient (Wildman–Crippen LogP) is 4.77. The van der Waals surface area contributed by atoms with Gasteiger partial charge in [0.15, 0.2) is 0 Å². The van der Waals surface area contributed by atoms with Crippen molar-refractivity contribution >= 4 is 11.4 Å². The van der Waals surface area contributed by atoms with Crippen LogP contribution in [0.3, 0.4) is 0 Å². The van der Waals surface area contributed by atoms with Gasteiger partial charge in [-0.15, -0.1) is 0 Å². The van der Waals surface area contributed by atoms with Gasteiger partial charge in [0, 0.05) is 30.2 Å². The molecule has 0 spiro atoms. The van der Waals surface area contributed by atoms with E-state index < -0.39 is 0 Å². The fraction of sp³-hybridized carbons (Fsp3) is 0.250. The summed E-state index contributed by atoms with van der Waals surface area (Å²) in [6, 6.07) is 15.2. The summed E-state index contributed by atoms with van der Waals surface area (Å²) in [7, 11) is 1.90. The van der Waals surface area contributed by atoms with Gasteiger partial charge in [0.2, 0.25) is 0 Å². The SMILES string of the molecule is C=C(N/C(=C/NC)C(=C)C1Cc2ccccc2N1)c1cc(CC)ccc1C. The van der Waals surface area contributed by atoms with Crippen molar-refractivity contribution in [1.29, 1.82) is 0 Å². The van der Waals surface area contributed by atoms with E-state index in [-0.39, 0.29) is 6.04 Å². The highest BCUT2D eigenvalue weighted by atomic mass is 15.0. The molecule has 1 unspecified atom stereocenters. The molecule has 3 N–H and O–H groups in total. The maximum atomic E-state index is 4.37. The van der Waals surface area contributed by atoms with Crippen molar-refractivity contribution in [1.82, 2.24) is 10.6 Å². The molecule has 0 bridgehead atoms. The van der Waals surface area contributed by atoms with Crippen molar-refractivity contribution in [3.05, 3.63) is 95.3 Å². The maximum Gasteiger partial charge on any atom is 0.0591 e. The van der Waals surface area contributed by atoms with Crippen molar-refractivity contribution in [2.45, 2.75) is 32.7 Å². The third kappa shape index (κ3) is 4.08. The lowest BCUT2D eigenvalue weighted by atomic mass is 9.99. The molecular weight excluding hydrogens is 330 g/mol. The van der Waals surface area contributed by atoms with E-state index in [4.69, 9.17) is 0 Å². The molecule has 0 amide bonds. The highest BCUT2D eigenvalue weighted by molar-refractivity contribution is 5.68. The van der Waals surface area contributed by atoms with Crippen LogP contribution in [0.4, 0.5) is 5.69 Å². The Labute approximate surface area is 162 Å². The molecule has 0 saturated heterocycles. The molecule has 2 aromatic rings. The monoisotopic (exact) mass is 359 g/mol. The third-order valence-corrected chi connectivity index (χ3v) is 5.15. The molecule has 3 nitrogen and oxygen atoms in total. The summed E-state index contributed by atoms with van der Waals surface area (Å²) in [5.74, 6) is 0. The second kappa shape index (κ2) is 8.17. The zero-order valence-corrected chi connectivity index (χ0v) is 16.5. The van der Waals surface area contributed by atoms with Crippen molar-refractivity contribution in [2.75, 3.05) is 12.4 Å². The second-order valence-corrected chi connectivity index (χ2v) is 7.04. The van der Waals surface area contributed by atoms with Crippen LogP contribution in [0, 0.1) is 6.92 Å². The van der Waals surface area contributed by atoms with Gasteiger partial charge in [-0.25, -0.2) is 0 Å². The quantitative estimate of drug-likeness (QED) is 0.623. The minimum atomic E-state index is 0.172. The van der Waals surface area contributed by atoms with Gasteiger partial charge >= 0.3 is 0 Å². The molecule has 1 aliphatic heterocycles. The molecule has 0 fully saturated rings. The van der Waals surface area contributed by atoms with E-state index in [1.165, 1.54) is 22.4 Å². The van der Waals surface area contributed by atoms with Crippen LogP contribution in [0.5, 0.6) is 0 Å². The Kier molecular flexibility index (Phi) is 5.70. The molecule has 27 heavy (non-hydrogen) atoms. The summed E-state index contributed by atoms with van der Waals surface area (Å²) in [5.41, 5.74) is 9.05.